The van der Waals surface area contributed by atoms with Gasteiger partial charge in [-0.1, -0.05) is 32.9 Å². The van der Waals surface area contributed by atoms with E-state index in [2.05, 4.69) is 49.4 Å². The predicted octanol–water partition coefficient (Wildman–Crippen LogP) is 3.37. The summed E-state index contributed by atoms with van der Waals surface area (Å²) >= 11 is 0. The molecular weight excluding hydrogens is 248 g/mol. The Labute approximate surface area is 118 Å². The SMILES string of the molecule is CC(C)(C)c1cc2ccc3ccncc3c2nc1NN. The lowest BCUT2D eigenvalue weighted by Gasteiger charge is -2.22. The van der Waals surface area contributed by atoms with Crippen LogP contribution in [0.5, 0.6) is 0 Å². The summed E-state index contributed by atoms with van der Waals surface area (Å²) in [5.74, 6) is 6.38. The maximum absolute atomic E-state index is 5.65. The van der Waals surface area contributed by atoms with E-state index >= 15 is 0 Å². The summed E-state index contributed by atoms with van der Waals surface area (Å²) < 4.78 is 0. The van der Waals surface area contributed by atoms with Gasteiger partial charge in [0.15, 0.2) is 0 Å². The van der Waals surface area contributed by atoms with E-state index in [0.29, 0.717) is 0 Å². The summed E-state index contributed by atoms with van der Waals surface area (Å²) in [5.41, 5.74) is 4.74. The summed E-state index contributed by atoms with van der Waals surface area (Å²) in [7, 11) is 0. The summed E-state index contributed by atoms with van der Waals surface area (Å²) in [6, 6.07) is 8.34. The second-order valence-electron chi connectivity index (χ2n) is 6.01. The highest BCUT2D eigenvalue weighted by atomic mass is 15.3. The van der Waals surface area contributed by atoms with Crippen molar-refractivity contribution in [3.63, 3.8) is 0 Å². The third-order valence-electron chi connectivity index (χ3n) is 3.55. The van der Waals surface area contributed by atoms with Crippen molar-refractivity contribution < 1.29 is 0 Å². The Morgan fingerprint density at radius 2 is 1.85 bits per heavy atom. The predicted molar refractivity (Wildman–Crippen MR) is 83.6 cm³/mol. The number of rotatable bonds is 1. The van der Waals surface area contributed by atoms with Crippen LogP contribution >= 0.6 is 0 Å². The van der Waals surface area contributed by atoms with Crippen molar-refractivity contribution in [1.29, 1.82) is 0 Å². The number of nitrogens with one attached hydrogen (secondary N) is 1. The number of hydrazine groups is 1. The van der Waals surface area contributed by atoms with Crippen molar-refractivity contribution in [1.82, 2.24) is 9.97 Å². The van der Waals surface area contributed by atoms with E-state index in [-0.39, 0.29) is 5.41 Å². The topological polar surface area (TPSA) is 63.8 Å². The van der Waals surface area contributed by atoms with Gasteiger partial charge in [-0.2, -0.15) is 0 Å². The Kier molecular flexibility index (Phi) is 2.83. The molecule has 3 N–H and O–H groups in total. The molecule has 3 rings (SSSR count). The molecule has 0 radical (unpaired) electrons. The van der Waals surface area contributed by atoms with Gasteiger partial charge in [-0.25, -0.2) is 10.8 Å². The number of anilines is 1. The van der Waals surface area contributed by atoms with Gasteiger partial charge in [-0.3, -0.25) is 4.98 Å². The molecule has 2 aromatic heterocycles. The first-order valence-corrected chi connectivity index (χ1v) is 6.65. The summed E-state index contributed by atoms with van der Waals surface area (Å²) in [5, 5.41) is 3.28. The fourth-order valence-electron chi connectivity index (χ4n) is 2.48. The fourth-order valence-corrected chi connectivity index (χ4v) is 2.48. The molecular formula is C16H18N4. The van der Waals surface area contributed by atoms with E-state index in [1.807, 2.05) is 12.3 Å². The Morgan fingerprint density at radius 1 is 1.10 bits per heavy atom. The number of hydrogen-bond acceptors (Lipinski definition) is 4. The zero-order valence-corrected chi connectivity index (χ0v) is 11.9. The molecule has 0 unspecified atom stereocenters. The van der Waals surface area contributed by atoms with E-state index in [1.165, 1.54) is 0 Å². The van der Waals surface area contributed by atoms with E-state index < -0.39 is 0 Å². The van der Waals surface area contributed by atoms with Gasteiger partial charge in [0.25, 0.3) is 0 Å². The Balaban J connectivity index is 2.41. The first-order valence-electron chi connectivity index (χ1n) is 6.65. The maximum Gasteiger partial charge on any atom is 0.144 e. The Bertz CT molecular complexity index is 787. The molecule has 0 saturated carbocycles. The number of nitrogens with zero attached hydrogens (tertiary/aromatic N) is 2. The third kappa shape index (κ3) is 1.98. The van der Waals surface area contributed by atoms with Crippen LogP contribution in [-0.4, -0.2) is 9.97 Å². The molecule has 3 aromatic rings. The lowest BCUT2D eigenvalue weighted by Crippen LogP contribution is -2.19. The number of fused-ring (bicyclic) bond motifs is 3. The molecule has 0 atom stereocenters. The molecule has 102 valence electrons. The standard InChI is InChI=1S/C16H18N4/c1-16(2,3)13-8-11-5-4-10-6-7-18-9-12(10)14(11)19-15(13)20-17/h4-9H,17H2,1-3H3,(H,19,20). The van der Waals surface area contributed by atoms with Crippen molar-refractivity contribution in [3.8, 4) is 0 Å². The number of nitrogen functional groups attached to an aromatic ring is 1. The number of pyridine rings is 2. The van der Waals surface area contributed by atoms with Crippen LogP contribution < -0.4 is 11.3 Å². The molecule has 0 aliphatic rings. The summed E-state index contributed by atoms with van der Waals surface area (Å²) in [6.45, 7) is 6.46. The normalized spacial score (nSPS) is 12.0. The molecule has 0 spiro atoms. The molecule has 0 fully saturated rings. The van der Waals surface area contributed by atoms with Gasteiger partial charge in [-0.15, -0.1) is 0 Å². The first-order chi connectivity index (χ1) is 9.50. The van der Waals surface area contributed by atoms with Crippen LogP contribution in [0, 0.1) is 0 Å². The number of hydrogen-bond donors (Lipinski definition) is 2. The average Bonchev–Trinajstić information content (AvgIpc) is 2.44. The lowest BCUT2D eigenvalue weighted by atomic mass is 9.86. The van der Waals surface area contributed by atoms with Crippen LogP contribution in [-0.2, 0) is 5.41 Å². The van der Waals surface area contributed by atoms with Crippen molar-refractivity contribution in [2.45, 2.75) is 26.2 Å². The molecule has 0 aliphatic heterocycles. The van der Waals surface area contributed by atoms with Gasteiger partial charge >= 0.3 is 0 Å². The molecule has 0 amide bonds. The van der Waals surface area contributed by atoms with Gasteiger partial charge in [0, 0.05) is 28.7 Å². The number of nitrogens with two attached hydrogens (primary N) is 1. The lowest BCUT2D eigenvalue weighted by molar-refractivity contribution is 0.590. The molecule has 20 heavy (non-hydrogen) atoms. The molecule has 0 aliphatic carbocycles. The van der Waals surface area contributed by atoms with E-state index in [9.17, 15) is 0 Å². The zero-order valence-electron chi connectivity index (χ0n) is 11.9. The molecule has 4 nitrogen and oxygen atoms in total. The Hall–Kier alpha value is -2.20. The van der Waals surface area contributed by atoms with E-state index in [4.69, 9.17) is 10.8 Å². The van der Waals surface area contributed by atoms with Gasteiger partial charge in [-0.05, 0) is 22.9 Å². The summed E-state index contributed by atoms with van der Waals surface area (Å²) in [4.78, 5) is 8.91. The highest BCUT2D eigenvalue weighted by Gasteiger charge is 2.20. The van der Waals surface area contributed by atoms with E-state index in [0.717, 1.165) is 33.1 Å². The maximum atomic E-state index is 5.65. The Morgan fingerprint density at radius 3 is 2.55 bits per heavy atom. The zero-order chi connectivity index (χ0) is 14.3. The molecule has 4 heteroatoms. The minimum atomic E-state index is -0.0210. The largest absolute Gasteiger partial charge is 0.308 e. The van der Waals surface area contributed by atoms with Crippen molar-refractivity contribution >= 4 is 27.5 Å². The molecule has 0 bridgehead atoms. The fraction of sp³-hybridized carbons (Fsp3) is 0.250. The van der Waals surface area contributed by atoms with Gasteiger partial charge in [0.05, 0.1) is 5.52 Å². The molecule has 2 heterocycles. The average molecular weight is 266 g/mol. The van der Waals surface area contributed by atoms with Crippen molar-refractivity contribution in [3.05, 3.63) is 42.2 Å². The van der Waals surface area contributed by atoms with Gasteiger partial charge < -0.3 is 5.43 Å². The second-order valence-corrected chi connectivity index (χ2v) is 6.01. The van der Waals surface area contributed by atoms with Crippen LogP contribution in [0.25, 0.3) is 21.7 Å². The minimum absolute atomic E-state index is 0.0210. The molecule has 0 saturated heterocycles. The highest BCUT2D eigenvalue weighted by molar-refractivity contribution is 6.05. The highest BCUT2D eigenvalue weighted by Crippen LogP contribution is 2.33. The van der Waals surface area contributed by atoms with E-state index in [1.54, 1.807) is 6.20 Å². The summed E-state index contributed by atoms with van der Waals surface area (Å²) in [6.07, 6.45) is 3.64. The monoisotopic (exact) mass is 266 g/mol. The van der Waals surface area contributed by atoms with Crippen LogP contribution in [0.4, 0.5) is 5.82 Å². The molecule has 1 aromatic carbocycles. The third-order valence-corrected chi connectivity index (χ3v) is 3.55. The number of aromatic nitrogens is 2. The quantitative estimate of drug-likeness (QED) is 0.403. The van der Waals surface area contributed by atoms with Crippen LogP contribution in [0.1, 0.15) is 26.3 Å². The number of benzene rings is 1. The van der Waals surface area contributed by atoms with Crippen molar-refractivity contribution in [2.24, 2.45) is 5.84 Å². The first kappa shape index (κ1) is 12.8. The smallest absolute Gasteiger partial charge is 0.144 e. The van der Waals surface area contributed by atoms with Gasteiger partial charge in [0.2, 0.25) is 0 Å². The van der Waals surface area contributed by atoms with Crippen LogP contribution in [0.2, 0.25) is 0 Å². The van der Waals surface area contributed by atoms with Crippen LogP contribution in [0.3, 0.4) is 0 Å². The van der Waals surface area contributed by atoms with Crippen LogP contribution in [0.15, 0.2) is 36.7 Å². The van der Waals surface area contributed by atoms with Gasteiger partial charge in [0.1, 0.15) is 5.82 Å². The minimum Gasteiger partial charge on any atom is -0.308 e. The second kappa shape index (κ2) is 4.42. The van der Waals surface area contributed by atoms with Crippen molar-refractivity contribution in [2.75, 3.05) is 5.43 Å².